The monoisotopic (exact) mass is 334 g/mol. The van der Waals surface area contributed by atoms with E-state index in [1.165, 1.54) is 5.56 Å². The zero-order valence-electron chi connectivity index (χ0n) is 13.3. The molecular weight excluding hydrogens is 316 g/mol. The molecule has 1 N–H and O–H groups in total. The van der Waals surface area contributed by atoms with Crippen molar-refractivity contribution in [2.75, 3.05) is 0 Å². The summed E-state index contributed by atoms with van der Waals surface area (Å²) in [4.78, 5) is 12.3. The highest BCUT2D eigenvalue weighted by atomic mass is 32.2. The molecule has 120 valence electrons. The van der Waals surface area contributed by atoms with Crippen LogP contribution in [0.1, 0.15) is 32.3 Å². The van der Waals surface area contributed by atoms with E-state index in [0.29, 0.717) is 5.56 Å². The number of aryl methyl sites for hydroxylation is 1. The first-order valence-corrected chi connectivity index (χ1v) is 8.63. The van der Waals surface area contributed by atoms with Crippen LogP contribution in [-0.2, 0) is 0 Å². The van der Waals surface area contributed by atoms with Crippen molar-refractivity contribution in [2.45, 2.75) is 17.1 Å². The van der Waals surface area contributed by atoms with Crippen molar-refractivity contribution in [2.24, 2.45) is 0 Å². The van der Waals surface area contributed by atoms with Gasteiger partial charge in [-0.05, 0) is 30.2 Å². The van der Waals surface area contributed by atoms with E-state index in [4.69, 9.17) is 0 Å². The zero-order valence-corrected chi connectivity index (χ0v) is 14.2. The van der Waals surface area contributed by atoms with Crippen molar-refractivity contribution in [3.8, 4) is 0 Å². The number of thioether (sulfide) groups is 1. The van der Waals surface area contributed by atoms with Crippen molar-refractivity contribution >= 4 is 17.7 Å². The molecular formula is C21H18O2S. The Labute approximate surface area is 146 Å². The van der Waals surface area contributed by atoms with E-state index >= 15 is 0 Å². The summed E-state index contributed by atoms with van der Waals surface area (Å²) in [7, 11) is 0. The molecule has 2 nitrogen and oxygen atoms in total. The first-order chi connectivity index (χ1) is 11.6. The van der Waals surface area contributed by atoms with Crippen molar-refractivity contribution < 1.29 is 9.90 Å². The molecule has 3 aromatic rings. The lowest BCUT2D eigenvalue weighted by Gasteiger charge is -2.19. The first kappa shape index (κ1) is 16.3. The average molecular weight is 334 g/mol. The fourth-order valence-corrected chi connectivity index (χ4v) is 3.85. The van der Waals surface area contributed by atoms with Crippen LogP contribution in [0.25, 0.3) is 0 Å². The van der Waals surface area contributed by atoms with E-state index in [1.807, 2.05) is 30.3 Å². The molecule has 0 saturated heterocycles. The van der Waals surface area contributed by atoms with Gasteiger partial charge in [0.2, 0.25) is 0 Å². The summed E-state index contributed by atoms with van der Waals surface area (Å²) < 4.78 is 0. The number of carbonyl (C=O) groups is 1. The molecule has 1 unspecified atom stereocenters. The van der Waals surface area contributed by atoms with Gasteiger partial charge in [0.05, 0.1) is 10.8 Å². The first-order valence-electron chi connectivity index (χ1n) is 7.75. The van der Waals surface area contributed by atoms with Gasteiger partial charge in [0.1, 0.15) is 0 Å². The molecule has 0 fully saturated rings. The second kappa shape index (κ2) is 7.37. The van der Waals surface area contributed by atoms with Crippen LogP contribution in [-0.4, -0.2) is 11.1 Å². The maximum Gasteiger partial charge on any atom is 0.336 e. The number of carboxylic acid groups (broad SMARTS) is 1. The molecule has 1 atom stereocenters. The molecule has 0 aliphatic rings. The second-order valence-electron chi connectivity index (χ2n) is 5.62. The van der Waals surface area contributed by atoms with E-state index < -0.39 is 5.97 Å². The summed E-state index contributed by atoms with van der Waals surface area (Å²) in [5, 5.41) is 9.49. The number of hydrogen-bond acceptors (Lipinski definition) is 2. The van der Waals surface area contributed by atoms with E-state index in [-0.39, 0.29) is 5.25 Å². The summed E-state index contributed by atoms with van der Waals surface area (Å²) >= 11 is 1.57. The molecule has 0 spiro atoms. The van der Waals surface area contributed by atoms with Crippen molar-refractivity contribution in [3.63, 3.8) is 0 Å². The Hall–Kier alpha value is -2.52. The van der Waals surface area contributed by atoms with Crippen LogP contribution >= 0.6 is 11.8 Å². The number of carboxylic acids is 1. The van der Waals surface area contributed by atoms with Crippen molar-refractivity contribution in [1.82, 2.24) is 0 Å². The van der Waals surface area contributed by atoms with Gasteiger partial charge in [0.25, 0.3) is 0 Å². The minimum atomic E-state index is -0.895. The Morgan fingerprint density at radius 2 is 1.42 bits per heavy atom. The minimum absolute atomic E-state index is 0.0484. The molecule has 0 aliphatic carbocycles. The van der Waals surface area contributed by atoms with Crippen LogP contribution in [0.15, 0.2) is 83.8 Å². The van der Waals surface area contributed by atoms with Crippen molar-refractivity contribution in [1.29, 1.82) is 0 Å². The fraction of sp³-hybridized carbons (Fsp3) is 0.0952. The Balaban J connectivity index is 2.03. The summed E-state index contributed by atoms with van der Waals surface area (Å²) in [5.74, 6) is -0.895. The molecule has 0 aliphatic heterocycles. The highest BCUT2D eigenvalue weighted by Gasteiger charge is 2.19. The van der Waals surface area contributed by atoms with Crippen LogP contribution in [0, 0.1) is 6.92 Å². The van der Waals surface area contributed by atoms with Crippen LogP contribution < -0.4 is 0 Å². The third kappa shape index (κ3) is 3.69. The lowest BCUT2D eigenvalue weighted by molar-refractivity contribution is 0.0693. The molecule has 0 heterocycles. The Morgan fingerprint density at radius 3 is 2.08 bits per heavy atom. The highest BCUT2D eigenvalue weighted by Crippen LogP contribution is 2.41. The fourth-order valence-electron chi connectivity index (χ4n) is 2.57. The molecule has 0 saturated carbocycles. The standard InChI is InChI=1S/C21H18O2S/c1-15-11-13-17(14-12-15)20(16-7-3-2-4-8-16)24-19-10-6-5-9-18(19)21(22)23/h2-14,20H,1H3,(H,22,23). The van der Waals surface area contributed by atoms with Crippen LogP contribution in [0.2, 0.25) is 0 Å². The van der Waals surface area contributed by atoms with Gasteiger partial charge in [0, 0.05) is 4.90 Å². The predicted molar refractivity (Wildman–Crippen MR) is 98.7 cm³/mol. The summed E-state index contributed by atoms with van der Waals surface area (Å²) in [6.45, 7) is 2.06. The molecule has 24 heavy (non-hydrogen) atoms. The summed E-state index contributed by atoms with van der Waals surface area (Å²) in [6.07, 6.45) is 0. The number of benzene rings is 3. The van der Waals surface area contributed by atoms with Gasteiger partial charge in [-0.1, -0.05) is 72.3 Å². The topological polar surface area (TPSA) is 37.3 Å². The molecule has 0 radical (unpaired) electrons. The predicted octanol–water partition coefficient (Wildman–Crippen LogP) is 5.57. The van der Waals surface area contributed by atoms with E-state index in [9.17, 15) is 9.90 Å². The average Bonchev–Trinajstić information content (AvgIpc) is 2.61. The van der Waals surface area contributed by atoms with Gasteiger partial charge in [-0.2, -0.15) is 0 Å². The molecule has 0 amide bonds. The lowest BCUT2D eigenvalue weighted by atomic mass is 10.0. The number of hydrogen-bond donors (Lipinski definition) is 1. The molecule has 0 bridgehead atoms. The van der Waals surface area contributed by atoms with Gasteiger partial charge in [-0.15, -0.1) is 11.8 Å². The van der Waals surface area contributed by atoms with E-state index in [0.717, 1.165) is 16.0 Å². The summed E-state index contributed by atoms with van der Waals surface area (Å²) in [6, 6.07) is 25.8. The molecule has 3 aromatic carbocycles. The Bertz CT molecular complexity index is 826. The molecule has 3 rings (SSSR count). The maximum atomic E-state index is 11.5. The third-order valence-corrected chi connectivity index (χ3v) is 5.23. The smallest absolute Gasteiger partial charge is 0.336 e. The largest absolute Gasteiger partial charge is 0.478 e. The lowest BCUT2D eigenvalue weighted by Crippen LogP contribution is -2.02. The van der Waals surface area contributed by atoms with Gasteiger partial charge in [-0.25, -0.2) is 4.79 Å². The normalized spacial score (nSPS) is 11.9. The summed E-state index contributed by atoms with van der Waals surface area (Å²) in [5.41, 5.74) is 3.88. The quantitative estimate of drug-likeness (QED) is 0.619. The van der Waals surface area contributed by atoms with Crippen molar-refractivity contribution in [3.05, 3.63) is 101 Å². The zero-order chi connectivity index (χ0) is 16.9. The number of rotatable bonds is 5. The molecule has 3 heteroatoms. The second-order valence-corrected chi connectivity index (χ2v) is 6.77. The van der Waals surface area contributed by atoms with Crippen LogP contribution in [0.4, 0.5) is 0 Å². The SMILES string of the molecule is Cc1ccc(C(Sc2ccccc2C(=O)O)c2ccccc2)cc1. The molecule has 0 aromatic heterocycles. The van der Waals surface area contributed by atoms with Gasteiger partial charge < -0.3 is 5.11 Å². The number of aromatic carboxylic acids is 1. The van der Waals surface area contributed by atoms with E-state index in [2.05, 4.69) is 43.3 Å². The minimum Gasteiger partial charge on any atom is -0.478 e. The maximum absolute atomic E-state index is 11.5. The van der Waals surface area contributed by atoms with Crippen LogP contribution in [0.5, 0.6) is 0 Å². The van der Waals surface area contributed by atoms with Gasteiger partial charge >= 0.3 is 5.97 Å². The van der Waals surface area contributed by atoms with Crippen LogP contribution in [0.3, 0.4) is 0 Å². The van der Waals surface area contributed by atoms with E-state index in [1.54, 1.807) is 23.9 Å². The Morgan fingerprint density at radius 1 is 0.833 bits per heavy atom. The highest BCUT2D eigenvalue weighted by molar-refractivity contribution is 7.99. The van der Waals surface area contributed by atoms with Gasteiger partial charge in [-0.3, -0.25) is 0 Å². The third-order valence-electron chi connectivity index (χ3n) is 3.84. The van der Waals surface area contributed by atoms with Gasteiger partial charge in [0.15, 0.2) is 0 Å². The Kier molecular flexibility index (Phi) is 5.02.